The maximum atomic E-state index is 13.0. The molecule has 0 saturated heterocycles. The second-order valence-electron chi connectivity index (χ2n) is 8.49. The summed E-state index contributed by atoms with van der Waals surface area (Å²) in [6.07, 6.45) is 0.238. The van der Waals surface area contributed by atoms with Crippen molar-refractivity contribution >= 4 is 17.4 Å². The van der Waals surface area contributed by atoms with E-state index in [1.807, 2.05) is 61.5 Å². The lowest BCUT2D eigenvalue weighted by molar-refractivity contribution is -0.137. The van der Waals surface area contributed by atoms with Gasteiger partial charge in [0.2, 0.25) is 0 Å². The molecule has 1 atom stereocenters. The van der Waals surface area contributed by atoms with Crippen LogP contribution in [0.2, 0.25) is 0 Å². The highest BCUT2D eigenvalue weighted by atomic mass is 16.5. The van der Waals surface area contributed by atoms with Crippen molar-refractivity contribution in [2.24, 2.45) is 0 Å². The van der Waals surface area contributed by atoms with Crippen LogP contribution in [-0.2, 0) is 17.8 Å². The molecule has 0 aliphatic carbocycles. The molecule has 0 bridgehead atoms. The molecule has 188 valence electrons. The molecular formula is C31H29NO5. The number of rotatable bonds is 12. The summed E-state index contributed by atoms with van der Waals surface area (Å²) in [6, 6.07) is 30.1. The predicted octanol–water partition coefficient (Wildman–Crippen LogP) is 6.00. The first-order valence-corrected chi connectivity index (χ1v) is 12.1. The standard InChI is InChI=1S/C31H29NO5/c1-2-36-25-18-14-23(15-19-25)21-37-26-16-12-22(13-17-26)20-29(31(34)35)32-28-11-7-6-10-27(28)30(33)24-8-4-3-5-9-24/h3-19,29,32H,2,20-21H2,1H3,(H,34,35)/t29-/m0/s1. The SMILES string of the molecule is CCOc1ccc(COc2ccc(C[C@H](Nc3ccccc3C(=O)c3ccccc3)C(=O)O)cc2)cc1. The van der Waals surface area contributed by atoms with Gasteiger partial charge in [-0.15, -0.1) is 0 Å². The molecule has 0 spiro atoms. The van der Waals surface area contributed by atoms with E-state index >= 15 is 0 Å². The normalized spacial score (nSPS) is 11.4. The highest BCUT2D eigenvalue weighted by Gasteiger charge is 2.21. The Balaban J connectivity index is 1.40. The minimum Gasteiger partial charge on any atom is -0.494 e. The number of ketones is 1. The van der Waals surface area contributed by atoms with Crippen molar-refractivity contribution in [1.29, 1.82) is 0 Å². The van der Waals surface area contributed by atoms with Gasteiger partial charge in [0.05, 0.1) is 6.61 Å². The Bertz CT molecular complexity index is 1320. The van der Waals surface area contributed by atoms with E-state index in [0.717, 1.165) is 16.9 Å². The van der Waals surface area contributed by atoms with E-state index in [1.165, 1.54) is 0 Å². The summed E-state index contributed by atoms with van der Waals surface area (Å²) >= 11 is 0. The van der Waals surface area contributed by atoms with Gasteiger partial charge in [0, 0.05) is 23.2 Å². The third kappa shape index (κ3) is 6.98. The van der Waals surface area contributed by atoms with Crippen molar-refractivity contribution < 1.29 is 24.2 Å². The van der Waals surface area contributed by atoms with Crippen molar-refractivity contribution in [3.63, 3.8) is 0 Å². The van der Waals surface area contributed by atoms with Gasteiger partial charge in [-0.2, -0.15) is 0 Å². The molecule has 37 heavy (non-hydrogen) atoms. The number of para-hydroxylation sites is 1. The minimum absolute atomic E-state index is 0.165. The van der Waals surface area contributed by atoms with Gasteiger partial charge in [-0.05, 0) is 54.4 Å². The number of hydrogen-bond acceptors (Lipinski definition) is 5. The average molecular weight is 496 g/mol. The molecule has 0 radical (unpaired) electrons. The summed E-state index contributed by atoms with van der Waals surface area (Å²) in [5, 5.41) is 12.9. The number of benzene rings is 4. The third-order valence-corrected chi connectivity index (χ3v) is 5.84. The molecule has 6 heteroatoms. The molecule has 0 amide bonds. The van der Waals surface area contributed by atoms with Crippen LogP contribution in [0.15, 0.2) is 103 Å². The lowest BCUT2D eigenvalue weighted by Crippen LogP contribution is -2.32. The smallest absolute Gasteiger partial charge is 0.326 e. The lowest BCUT2D eigenvalue weighted by Gasteiger charge is -2.18. The van der Waals surface area contributed by atoms with Crippen LogP contribution in [0.5, 0.6) is 11.5 Å². The molecule has 0 fully saturated rings. The van der Waals surface area contributed by atoms with Gasteiger partial charge in [-0.1, -0.05) is 66.7 Å². The summed E-state index contributed by atoms with van der Waals surface area (Å²) in [5.74, 6) is 0.347. The van der Waals surface area contributed by atoms with Gasteiger partial charge < -0.3 is 19.9 Å². The fourth-order valence-electron chi connectivity index (χ4n) is 3.91. The Morgan fingerprint density at radius 3 is 2.00 bits per heavy atom. The van der Waals surface area contributed by atoms with Crippen LogP contribution in [-0.4, -0.2) is 29.5 Å². The topological polar surface area (TPSA) is 84.9 Å². The lowest BCUT2D eigenvalue weighted by atomic mass is 10.00. The highest BCUT2D eigenvalue weighted by Crippen LogP contribution is 2.22. The molecule has 0 aliphatic heterocycles. The van der Waals surface area contributed by atoms with Crippen LogP contribution in [0.4, 0.5) is 5.69 Å². The second kappa shape index (κ2) is 12.4. The van der Waals surface area contributed by atoms with Gasteiger partial charge in [0.25, 0.3) is 0 Å². The van der Waals surface area contributed by atoms with E-state index in [1.54, 1.807) is 48.5 Å². The molecule has 4 aromatic rings. The fourth-order valence-corrected chi connectivity index (χ4v) is 3.91. The number of carbonyl (C=O) groups is 2. The molecule has 0 aromatic heterocycles. The number of carboxylic acid groups (broad SMARTS) is 1. The molecule has 6 nitrogen and oxygen atoms in total. The van der Waals surface area contributed by atoms with E-state index in [4.69, 9.17) is 9.47 Å². The van der Waals surface area contributed by atoms with Crippen LogP contribution in [0.1, 0.15) is 34.0 Å². The summed E-state index contributed by atoms with van der Waals surface area (Å²) < 4.78 is 11.3. The predicted molar refractivity (Wildman–Crippen MR) is 143 cm³/mol. The fraction of sp³-hybridized carbons (Fsp3) is 0.161. The van der Waals surface area contributed by atoms with Crippen LogP contribution in [0.25, 0.3) is 0 Å². The average Bonchev–Trinajstić information content (AvgIpc) is 2.93. The maximum absolute atomic E-state index is 13.0. The molecule has 4 aromatic carbocycles. The Labute approximate surface area is 216 Å². The summed E-state index contributed by atoms with van der Waals surface area (Å²) in [5.41, 5.74) is 3.31. The number of aliphatic carboxylic acids is 1. The molecular weight excluding hydrogens is 466 g/mol. The number of hydrogen-bond donors (Lipinski definition) is 2. The van der Waals surface area contributed by atoms with Gasteiger partial charge in [0.15, 0.2) is 5.78 Å². The van der Waals surface area contributed by atoms with Crippen molar-refractivity contribution in [2.45, 2.75) is 26.0 Å². The van der Waals surface area contributed by atoms with Gasteiger partial charge in [-0.3, -0.25) is 4.79 Å². The Morgan fingerprint density at radius 2 is 1.35 bits per heavy atom. The van der Waals surface area contributed by atoms with Crippen LogP contribution >= 0.6 is 0 Å². The minimum atomic E-state index is -1.00. The van der Waals surface area contributed by atoms with Gasteiger partial charge >= 0.3 is 5.97 Å². The first-order chi connectivity index (χ1) is 18.0. The summed E-state index contributed by atoms with van der Waals surface area (Å²) in [6.45, 7) is 2.98. The molecule has 0 saturated carbocycles. The van der Waals surface area contributed by atoms with Crippen molar-refractivity contribution in [3.05, 3.63) is 125 Å². The van der Waals surface area contributed by atoms with E-state index < -0.39 is 12.0 Å². The highest BCUT2D eigenvalue weighted by molar-refractivity contribution is 6.12. The molecule has 0 heterocycles. The number of ether oxygens (including phenoxy) is 2. The van der Waals surface area contributed by atoms with E-state index in [0.29, 0.717) is 35.8 Å². The van der Waals surface area contributed by atoms with Crippen molar-refractivity contribution in [1.82, 2.24) is 0 Å². The number of carboxylic acids is 1. The first kappa shape index (κ1) is 25.5. The number of carbonyl (C=O) groups excluding carboxylic acids is 1. The van der Waals surface area contributed by atoms with Crippen molar-refractivity contribution in [3.8, 4) is 11.5 Å². The molecule has 0 unspecified atom stereocenters. The van der Waals surface area contributed by atoms with Crippen LogP contribution in [0.3, 0.4) is 0 Å². The van der Waals surface area contributed by atoms with E-state index in [-0.39, 0.29) is 12.2 Å². The number of nitrogens with one attached hydrogen (secondary N) is 1. The molecule has 2 N–H and O–H groups in total. The summed E-state index contributed by atoms with van der Waals surface area (Å²) in [4.78, 5) is 25.1. The van der Waals surface area contributed by atoms with E-state index in [2.05, 4.69) is 5.32 Å². The van der Waals surface area contributed by atoms with E-state index in [9.17, 15) is 14.7 Å². The van der Waals surface area contributed by atoms with Gasteiger partial charge in [0.1, 0.15) is 24.1 Å². The Kier molecular flexibility index (Phi) is 8.55. The second-order valence-corrected chi connectivity index (χ2v) is 8.49. The quantitative estimate of drug-likeness (QED) is 0.234. The monoisotopic (exact) mass is 495 g/mol. The maximum Gasteiger partial charge on any atom is 0.326 e. The zero-order valence-electron chi connectivity index (χ0n) is 20.6. The largest absolute Gasteiger partial charge is 0.494 e. The van der Waals surface area contributed by atoms with Gasteiger partial charge in [-0.25, -0.2) is 4.79 Å². The van der Waals surface area contributed by atoms with Crippen LogP contribution in [0, 0.1) is 0 Å². The summed E-state index contributed by atoms with van der Waals surface area (Å²) in [7, 11) is 0. The molecule has 0 aliphatic rings. The van der Waals surface area contributed by atoms with Crippen molar-refractivity contribution in [2.75, 3.05) is 11.9 Å². The zero-order valence-corrected chi connectivity index (χ0v) is 20.6. The Morgan fingerprint density at radius 1 is 0.757 bits per heavy atom. The Hall–Kier alpha value is -4.58. The van der Waals surface area contributed by atoms with Crippen LogP contribution < -0.4 is 14.8 Å². The first-order valence-electron chi connectivity index (χ1n) is 12.1. The zero-order chi connectivity index (χ0) is 26.0. The third-order valence-electron chi connectivity index (χ3n) is 5.84. The number of anilines is 1. The molecule has 4 rings (SSSR count).